The number of nitrogens with one attached hydrogen (secondary N) is 1. The number of hydrogen-bond acceptors (Lipinski definition) is 2. The highest BCUT2D eigenvalue weighted by atomic mass is 14.9. The fraction of sp³-hybridized carbons (Fsp3) is 0.438. The van der Waals surface area contributed by atoms with Crippen molar-refractivity contribution in [2.24, 2.45) is 5.41 Å². The molecule has 0 atom stereocenters. The summed E-state index contributed by atoms with van der Waals surface area (Å²) in [5.41, 5.74) is 4.16. The number of nitrogens with zero attached hydrogens (tertiary/aromatic N) is 3. The van der Waals surface area contributed by atoms with E-state index in [-0.39, 0.29) is 0 Å². The number of rotatable bonds is 4. The first-order valence-corrected chi connectivity index (χ1v) is 6.83. The summed E-state index contributed by atoms with van der Waals surface area (Å²) in [6.07, 6.45) is 9.84. The number of fused-ring (bicyclic) bond motifs is 1. The van der Waals surface area contributed by atoms with Gasteiger partial charge in [-0.15, -0.1) is 0 Å². The molecular weight excluding hydrogens is 248 g/mol. The maximum Gasteiger partial charge on any atom is 0.156 e. The molecule has 104 valence electrons. The van der Waals surface area contributed by atoms with E-state index >= 15 is 0 Å². The Kier molecular flexibility index (Phi) is 4.19. The second-order valence-corrected chi connectivity index (χ2v) is 6.15. The van der Waals surface area contributed by atoms with Crippen LogP contribution in [0.15, 0.2) is 24.7 Å². The SMILES string of the molecule is [C-]#[N+]/C=C\Cc1c[nH]c2ncc(CCC(C)(C)C)nc12. The Balaban J connectivity index is 2.21. The highest BCUT2D eigenvalue weighted by Gasteiger charge is 2.12. The van der Waals surface area contributed by atoms with Gasteiger partial charge in [0.15, 0.2) is 11.8 Å². The molecule has 0 aliphatic carbocycles. The lowest BCUT2D eigenvalue weighted by molar-refractivity contribution is 0.376. The lowest BCUT2D eigenvalue weighted by Crippen LogP contribution is -2.07. The van der Waals surface area contributed by atoms with Crippen molar-refractivity contribution < 1.29 is 0 Å². The third-order valence-electron chi connectivity index (χ3n) is 3.16. The van der Waals surface area contributed by atoms with Crippen LogP contribution in [-0.4, -0.2) is 15.0 Å². The molecule has 0 aliphatic rings. The van der Waals surface area contributed by atoms with Crippen LogP contribution in [0.2, 0.25) is 0 Å². The third kappa shape index (κ3) is 3.67. The maximum absolute atomic E-state index is 6.74. The number of aromatic nitrogens is 3. The van der Waals surface area contributed by atoms with E-state index in [2.05, 4.69) is 35.6 Å². The molecule has 0 fully saturated rings. The summed E-state index contributed by atoms with van der Waals surface area (Å²) in [5, 5.41) is 0. The van der Waals surface area contributed by atoms with Crippen molar-refractivity contribution in [3.63, 3.8) is 0 Å². The van der Waals surface area contributed by atoms with E-state index in [1.165, 1.54) is 6.20 Å². The minimum absolute atomic E-state index is 0.302. The summed E-state index contributed by atoms with van der Waals surface area (Å²) in [6, 6.07) is 0. The smallest absolute Gasteiger partial charge is 0.156 e. The standard InChI is InChI=1S/C16H20N4/c1-16(2,3)8-7-13-11-19-15-14(20-13)12(10-18-15)6-5-9-17-4/h5,9-11H,6-8H2,1-3H3,(H,18,19)/b9-5-. The second-order valence-electron chi connectivity index (χ2n) is 6.15. The van der Waals surface area contributed by atoms with Gasteiger partial charge in [-0.25, -0.2) is 14.8 Å². The molecule has 0 unspecified atom stereocenters. The normalized spacial score (nSPS) is 12.1. The first kappa shape index (κ1) is 14.3. The molecular formula is C16H20N4. The number of H-pyrrole nitrogens is 1. The Labute approximate surface area is 119 Å². The average molecular weight is 268 g/mol. The van der Waals surface area contributed by atoms with Gasteiger partial charge in [0.05, 0.1) is 18.5 Å². The van der Waals surface area contributed by atoms with E-state index in [4.69, 9.17) is 11.6 Å². The van der Waals surface area contributed by atoms with E-state index in [0.29, 0.717) is 11.8 Å². The molecule has 0 saturated heterocycles. The van der Waals surface area contributed by atoms with Crippen LogP contribution < -0.4 is 0 Å². The fourth-order valence-electron chi connectivity index (χ4n) is 1.99. The minimum Gasteiger partial charge on any atom is -0.345 e. The van der Waals surface area contributed by atoms with Crippen molar-refractivity contribution in [2.75, 3.05) is 0 Å². The molecule has 1 N–H and O–H groups in total. The number of aryl methyl sites for hydroxylation is 1. The van der Waals surface area contributed by atoms with E-state index in [0.717, 1.165) is 35.3 Å². The first-order valence-electron chi connectivity index (χ1n) is 6.83. The predicted molar refractivity (Wildman–Crippen MR) is 81.1 cm³/mol. The Morgan fingerprint density at radius 1 is 1.40 bits per heavy atom. The Morgan fingerprint density at radius 2 is 2.20 bits per heavy atom. The summed E-state index contributed by atoms with van der Waals surface area (Å²) >= 11 is 0. The summed E-state index contributed by atoms with van der Waals surface area (Å²) in [5.74, 6) is 0. The molecule has 0 aromatic carbocycles. The van der Waals surface area contributed by atoms with Crippen molar-refractivity contribution in [3.05, 3.63) is 47.3 Å². The van der Waals surface area contributed by atoms with Crippen LogP contribution in [0.25, 0.3) is 16.0 Å². The van der Waals surface area contributed by atoms with Gasteiger partial charge < -0.3 is 4.98 Å². The van der Waals surface area contributed by atoms with Gasteiger partial charge in [-0.3, -0.25) is 0 Å². The van der Waals surface area contributed by atoms with Crippen molar-refractivity contribution in [2.45, 2.75) is 40.0 Å². The van der Waals surface area contributed by atoms with Crippen molar-refractivity contribution in [3.8, 4) is 0 Å². The summed E-state index contributed by atoms with van der Waals surface area (Å²) in [4.78, 5) is 15.5. The van der Waals surface area contributed by atoms with Crippen LogP contribution in [0.3, 0.4) is 0 Å². The molecule has 2 aromatic rings. The highest BCUT2D eigenvalue weighted by molar-refractivity contribution is 5.75. The Hall–Kier alpha value is -2.15. The van der Waals surface area contributed by atoms with E-state index in [1.807, 2.05) is 18.5 Å². The molecule has 0 bridgehead atoms. The molecule has 0 spiro atoms. The maximum atomic E-state index is 6.74. The van der Waals surface area contributed by atoms with Crippen LogP contribution >= 0.6 is 0 Å². The quantitative estimate of drug-likeness (QED) is 0.854. The van der Waals surface area contributed by atoms with Gasteiger partial charge in [0.25, 0.3) is 0 Å². The van der Waals surface area contributed by atoms with Crippen LogP contribution in [0.5, 0.6) is 0 Å². The van der Waals surface area contributed by atoms with Crippen LogP contribution in [0, 0.1) is 12.0 Å². The van der Waals surface area contributed by atoms with E-state index in [1.54, 1.807) is 0 Å². The molecule has 4 heteroatoms. The molecule has 0 saturated carbocycles. The van der Waals surface area contributed by atoms with E-state index in [9.17, 15) is 0 Å². The highest BCUT2D eigenvalue weighted by Crippen LogP contribution is 2.22. The first-order chi connectivity index (χ1) is 9.49. The zero-order chi connectivity index (χ0) is 14.6. The van der Waals surface area contributed by atoms with E-state index < -0.39 is 0 Å². The monoisotopic (exact) mass is 268 g/mol. The van der Waals surface area contributed by atoms with Crippen LogP contribution in [-0.2, 0) is 12.8 Å². The topological polar surface area (TPSA) is 45.9 Å². The number of allylic oxidation sites excluding steroid dienone is 1. The largest absolute Gasteiger partial charge is 0.345 e. The third-order valence-corrected chi connectivity index (χ3v) is 3.16. The van der Waals surface area contributed by atoms with Crippen molar-refractivity contribution in [1.29, 1.82) is 0 Å². The second kappa shape index (κ2) is 5.87. The van der Waals surface area contributed by atoms with Crippen molar-refractivity contribution >= 4 is 11.2 Å². The Morgan fingerprint density at radius 3 is 2.90 bits per heavy atom. The molecule has 2 aromatic heterocycles. The van der Waals surface area contributed by atoms with Gasteiger partial charge in [-0.2, -0.15) is 0 Å². The van der Waals surface area contributed by atoms with Gasteiger partial charge in [-0.1, -0.05) is 26.8 Å². The average Bonchev–Trinajstić information content (AvgIpc) is 2.79. The van der Waals surface area contributed by atoms with Gasteiger partial charge in [0.2, 0.25) is 0 Å². The lowest BCUT2D eigenvalue weighted by Gasteiger charge is -2.17. The van der Waals surface area contributed by atoms with Gasteiger partial charge in [-0.05, 0) is 24.7 Å². The van der Waals surface area contributed by atoms with Gasteiger partial charge >= 0.3 is 0 Å². The molecule has 0 amide bonds. The lowest BCUT2D eigenvalue weighted by atomic mass is 9.90. The summed E-state index contributed by atoms with van der Waals surface area (Å²) < 4.78 is 0. The molecule has 0 aliphatic heterocycles. The van der Waals surface area contributed by atoms with Crippen molar-refractivity contribution in [1.82, 2.24) is 15.0 Å². The van der Waals surface area contributed by atoms with Crippen LogP contribution in [0.4, 0.5) is 0 Å². The molecule has 2 heterocycles. The van der Waals surface area contributed by atoms with Crippen LogP contribution in [0.1, 0.15) is 38.4 Å². The zero-order valence-corrected chi connectivity index (χ0v) is 12.3. The summed E-state index contributed by atoms with van der Waals surface area (Å²) in [7, 11) is 0. The molecule has 2 rings (SSSR count). The predicted octanol–water partition coefficient (Wildman–Crippen LogP) is 3.91. The van der Waals surface area contributed by atoms with Gasteiger partial charge in [0.1, 0.15) is 5.52 Å². The summed E-state index contributed by atoms with van der Waals surface area (Å²) in [6.45, 7) is 13.4. The molecule has 20 heavy (non-hydrogen) atoms. The van der Waals surface area contributed by atoms with Gasteiger partial charge in [0, 0.05) is 11.8 Å². The fourth-order valence-corrected chi connectivity index (χ4v) is 1.99. The number of aromatic amines is 1. The molecule has 0 radical (unpaired) electrons. The number of hydrogen-bond donors (Lipinski definition) is 1. The Bertz CT molecular complexity index is 653. The molecule has 4 nitrogen and oxygen atoms in total. The zero-order valence-electron chi connectivity index (χ0n) is 12.3. The minimum atomic E-state index is 0.302.